The van der Waals surface area contributed by atoms with E-state index in [0.717, 1.165) is 5.56 Å². The Morgan fingerprint density at radius 2 is 1.92 bits per heavy atom. The van der Waals surface area contributed by atoms with Gasteiger partial charge in [0, 0.05) is 17.7 Å². The highest BCUT2D eigenvalue weighted by Crippen LogP contribution is 2.41. The molecule has 3 rings (SSSR count). The molecule has 0 aromatic heterocycles. The smallest absolute Gasteiger partial charge is 0.241 e. The van der Waals surface area contributed by atoms with Gasteiger partial charge in [0.25, 0.3) is 0 Å². The van der Waals surface area contributed by atoms with Gasteiger partial charge in [-0.1, -0.05) is 18.2 Å². The largest absolute Gasteiger partial charge is 0.487 e. The monoisotopic (exact) mass is 346 g/mol. The zero-order chi connectivity index (χ0) is 17.5. The summed E-state index contributed by atoms with van der Waals surface area (Å²) in [6.07, 6.45) is 0.522. The van der Waals surface area contributed by atoms with Gasteiger partial charge in [-0.2, -0.15) is 0 Å². The van der Waals surface area contributed by atoms with Crippen molar-refractivity contribution in [2.24, 2.45) is 0 Å². The molecule has 0 amide bonds. The Kier molecular flexibility index (Phi) is 4.05. The lowest BCUT2D eigenvalue weighted by molar-refractivity contribution is 0.0702. The van der Waals surface area contributed by atoms with Crippen LogP contribution in [0.2, 0.25) is 0 Å². The van der Waals surface area contributed by atoms with Gasteiger partial charge in [0.1, 0.15) is 11.4 Å². The number of aryl methyl sites for hydroxylation is 1. The van der Waals surface area contributed by atoms with Crippen molar-refractivity contribution < 1.29 is 13.2 Å². The Bertz CT molecular complexity index is 876. The lowest BCUT2D eigenvalue weighted by Gasteiger charge is -2.38. The van der Waals surface area contributed by atoms with Gasteiger partial charge in [-0.15, -0.1) is 0 Å². The van der Waals surface area contributed by atoms with Crippen LogP contribution >= 0.6 is 0 Å². The highest BCUT2D eigenvalue weighted by Gasteiger charge is 2.36. The van der Waals surface area contributed by atoms with E-state index < -0.39 is 21.7 Å². The Labute approximate surface area is 142 Å². The van der Waals surface area contributed by atoms with Crippen LogP contribution in [0, 0.1) is 6.92 Å². The fourth-order valence-electron chi connectivity index (χ4n) is 3.09. The van der Waals surface area contributed by atoms with Crippen molar-refractivity contribution in [3.63, 3.8) is 0 Å². The third-order valence-corrected chi connectivity index (χ3v) is 5.80. The predicted molar refractivity (Wildman–Crippen MR) is 94.4 cm³/mol. The zero-order valence-electron chi connectivity index (χ0n) is 14.0. The second-order valence-corrected chi connectivity index (χ2v) is 8.48. The molecule has 128 valence electrons. The van der Waals surface area contributed by atoms with Crippen molar-refractivity contribution in [3.05, 3.63) is 53.6 Å². The molecule has 1 unspecified atom stereocenters. The number of anilines is 1. The van der Waals surface area contributed by atoms with Crippen LogP contribution in [0.25, 0.3) is 0 Å². The number of hydrogen-bond donors (Lipinski definition) is 2. The van der Waals surface area contributed by atoms with Crippen molar-refractivity contribution in [3.8, 4) is 5.75 Å². The minimum atomic E-state index is -3.64. The second-order valence-electron chi connectivity index (χ2n) is 6.80. The summed E-state index contributed by atoms with van der Waals surface area (Å²) in [5, 5.41) is 0. The molecule has 1 atom stereocenters. The summed E-state index contributed by atoms with van der Waals surface area (Å²) in [4.78, 5) is 0.291. The number of fused-ring (bicyclic) bond motifs is 1. The molecule has 2 aromatic carbocycles. The summed E-state index contributed by atoms with van der Waals surface area (Å²) in [5.74, 6) is 0.665. The van der Waals surface area contributed by atoms with Gasteiger partial charge < -0.3 is 10.5 Å². The van der Waals surface area contributed by atoms with Crippen LogP contribution in [0.4, 0.5) is 5.69 Å². The van der Waals surface area contributed by atoms with E-state index in [1.54, 1.807) is 43.3 Å². The molecular weight excluding hydrogens is 324 g/mol. The van der Waals surface area contributed by atoms with Crippen molar-refractivity contribution in [1.29, 1.82) is 0 Å². The summed E-state index contributed by atoms with van der Waals surface area (Å²) in [5.41, 5.74) is 7.47. The third-order valence-electron chi connectivity index (χ3n) is 4.17. The number of rotatable bonds is 3. The Balaban J connectivity index is 2.01. The molecule has 0 aliphatic carbocycles. The molecule has 1 heterocycles. The van der Waals surface area contributed by atoms with E-state index in [9.17, 15) is 8.42 Å². The van der Waals surface area contributed by atoms with Gasteiger partial charge in [-0.25, -0.2) is 13.1 Å². The van der Waals surface area contributed by atoms with E-state index in [-0.39, 0.29) is 0 Å². The fraction of sp³-hybridized carbons (Fsp3) is 0.333. The van der Waals surface area contributed by atoms with Crippen molar-refractivity contribution >= 4 is 15.7 Å². The van der Waals surface area contributed by atoms with Crippen LogP contribution in [0.1, 0.15) is 37.4 Å². The van der Waals surface area contributed by atoms with Gasteiger partial charge >= 0.3 is 0 Å². The first-order valence-corrected chi connectivity index (χ1v) is 9.33. The lowest BCUT2D eigenvalue weighted by Crippen LogP contribution is -2.41. The molecule has 0 saturated heterocycles. The van der Waals surface area contributed by atoms with Crippen molar-refractivity contribution in [2.45, 2.75) is 43.7 Å². The maximum absolute atomic E-state index is 12.8. The standard InChI is InChI=1S/C18H22N2O3S/c1-12-6-4-5-7-17(12)24(21,22)20-15-11-18(2,3)23-16-9-8-13(19)10-14(15)16/h4-10,15,20H,11,19H2,1-3H3. The van der Waals surface area contributed by atoms with Gasteiger partial charge in [0.2, 0.25) is 10.0 Å². The van der Waals surface area contributed by atoms with Crippen LogP contribution in [0.3, 0.4) is 0 Å². The number of ether oxygens (including phenoxy) is 1. The van der Waals surface area contributed by atoms with Crippen LogP contribution < -0.4 is 15.2 Å². The molecular formula is C18H22N2O3S. The van der Waals surface area contributed by atoms with E-state index in [0.29, 0.717) is 28.3 Å². The van der Waals surface area contributed by atoms with Gasteiger partial charge in [-0.05, 0) is 50.6 Å². The Hall–Kier alpha value is -2.05. The number of nitrogen functional groups attached to an aromatic ring is 1. The summed E-state index contributed by atoms with van der Waals surface area (Å²) >= 11 is 0. The zero-order valence-corrected chi connectivity index (χ0v) is 14.9. The number of hydrogen-bond acceptors (Lipinski definition) is 4. The van der Waals surface area contributed by atoms with E-state index in [1.165, 1.54) is 0 Å². The second kappa shape index (κ2) is 5.79. The molecule has 3 N–H and O–H groups in total. The first kappa shape index (κ1) is 16.8. The number of benzene rings is 2. The summed E-state index contributed by atoms with van der Waals surface area (Å²) in [6.45, 7) is 5.68. The Morgan fingerprint density at radius 1 is 1.21 bits per heavy atom. The average Bonchev–Trinajstić information content (AvgIpc) is 2.47. The van der Waals surface area contributed by atoms with Crippen LogP contribution in [-0.4, -0.2) is 14.0 Å². The molecule has 1 aliphatic rings. The fourth-order valence-corrected chi connectivity index (χ4v) is 4.55. The van der Waals surface area contributed by atoms with Crippen molar-refractivity contribution in [1.82, 2.24) is 4.72 Å². The topological polar surface area (TPSA) is 81.4 Å². The molecule has 5 nitrogen and oxygen atoms in total. The summed E-state index contributed by atoms with van der Waals surface area (Å²) in [7, 11) is -3.64. The third kappa shape index (κ3) is 3.25. The Morgan fingerprint density at radius 3 is 2.62 bits per heavy atom. The summed E-state index contributed by atoms with van der Waals surface area (Å²) < 4.78 is 34.5. The van der Waals surface area contributed by atoms with Gasteiger partial charge in [-0.3, -0.25) is 0 Å². The first-order valence-electron chi connectivity index (χ1n) is 7.84. The predicted octanol–water partition coefficient (Wildman–Crippen LogP) is 3.16. The normalized spacial score (nSPS) is 19.4. The molecule has 0 spiro atoms. The minimum Gasteiger partial charge on any atom is -0.487 e. The van der Waals surface area contributed by atoms with E-state index >= 15 is 0 Å². The maximum Gasteiger partial charge on any atom is 0.241 e. The molecule has 0 fully saturated rings. The SMILES string of the molecule is Cc1ccccc1S(=O)(=O)NC1CC(C)(C)Oc2ccc(N)cc21. The van der Waals surface area contributed by atoms with E-state index in [4.69, 9.17) is 10.5 Å². The molecule has 6 heteroatoms. The van der Waals surface area contributed by atoms with E-state index in [2.05, 4.69) is 4.72 Å². The minimum absolute atomic E-state index is 0.291. The molecule has 24 heavy (non-hydrogen) atoms. The van der Waals surface area contributed by atoms with Gasteiger partial charge in [0.15, 0.2) is 0 Å². The summed E-state index contributed by atoms with van der Waals surface area (Å²) in [6, 6.07) is 11.9. The van der Waals surface area contributed by atoms with Crippen LogP contribution in [0.15, 0.2) is 47.4 Å². The first-order chi connectivity index (χ1) is 11.2. The van der Waals surface area contributed by atoms with E-state index in [1.807, 2.05) is 19.9 Å². The highest BCUT2D eigenvalue weighted by atomic mass is 32.2. The molecule has 1 aliphatic heterocycles. The number of nitrogens with one attached hydrogen (secondary N) is 1. The number of sulfonamides is 1. The highest BCUT2D eigenvalue weighted by molar-refractivity contribution is 7.89. The average molecular weight is 346 g/mol. The van der Waals surface area contributed by atoms with Gasteiger partial charge in [0.05, 0.1) is 10.9 Å². The molecule has 2 aromatic rings. The quantitative estimate of drug-likeness (QED) is 0.837. The number of nitrogens with two attached hydrogens (primary N) is 1. The van der Waals surface area contributed by atoms with Crippen molar-refractivity contribution in [2.75, 3.05) is 5.73 Å². The molecule has 0 bridgehead atoms. The maximum atomic E-state index is 12.8. The van der Waals surface area contributed by atoms with Crippen LogP contribution in [0.5, 0.6) is 5.75 Å². The molecule has 0 saturated carbocycles. The lowest BCUT2D eigenvalue weighted by atomic mass is 9.90. The van der Waals surface area contributed by atoms with Crippen LogP contribution in [-0.2, 0) is 10.0 Å². The molecule has 0 radical (unpaired) electrons.